The van der Waals surface area contributed by atoms with E-state index < -0.39 is 47.7 Å². The van der Waals surface area contributed by atoms with Crippen molar-refractivity contribution < 1.29 is 41.1 Å². The lowest BCUT2D eigenvalue weighted by atomic mass is 9.76. The van der Waals surface area contributed by atoms with Gasteiger partial charge in [-0.3, -0.25) is 4.98 Å². The second kappa shape index (κ2) is 6.32. The van der Waals surface area contributed by atoms with Crippen molar-refractivity contribution in [2.75, 3.05) is 0 Å². The normalized spacial score (nSPS) is 12.2. The predicted molar refractivity (Wildman–Crippen MR) is 71.2 cm³/mol. The van der Waals surface area contributed by atoms with Crippen LogP contribution < -0.4 is 10.2 Å². The van der Waals surface area contributed by atoms with Crippen molar-refractivity contribution in [1.29, 1.82) is 0 Å². The maximum absolute atomic E-state index is 13.3. The Hall–Kier alpha value is -2.27. The van der Waals surface area contributed by atoms with Gasteiger partial charge in [0.1, 0.15) is 5.75 Å². The molecule has 1 aromatic heterocycles. The molecule has 0 radical (unpaired) electrons. The van der Waals surface area contributed by atoms with E-state index in [1.54, 1.807) is 0 Å². The van der Waals surface area contributed by atoms with Crippen molar-refractivity contribution in [2.45, 2.75) is 12.5 Å². The van der Waals surface area contributed by atoms with E-state index in [9.17, 15) is 26.3 Å². The number of benzene rings is 1. The standard InChI is InChI=1S/C13H8BF6NO3/c15-12(16,17)10-8(14(22)23)5-6-21-11(10)7-3-1-2-4-9(7)24-13(18,19)20/h1-6,22-23H. The first-order valence-corrected chi connectivity index (χ1v) is 6.28. The van der Waals surface area contributed by atoms with E-state index in [2.05, 4.69) is 9.72 Å². The third kappa shape index (κ3) is 3.98. The van der Waals surface area contributed by atoms with Gasteiger partial charge in [-0.25, -0.2) is 0 Å². The Morgan fingerprint density at radius 1 is 0.958 bits per heavy atom. The molecule has 1 heterocycles. The summed E-state index contributed by atoms with van der Waals surface area (Å²) in [5.41, 5.74) is -4.00. The summed E-state index contributed by atoms with van der Waals surface area (Å²) in [5.74, 6) is -0.896. The second-order valence-electron chi connectivity index (χ2n) is 4.54. The smallest absolute Gasteiger partial charge is 0.423 e. The quantitative estimate of drug-likeness (QED) is 0.658. The number of ether oxygens (including phenoxy) is 1. The average molecular weight is 351 g/mol. The third-order valence-corrected chi connectivity index (χ3v) is 2.91. The van der Waals surface area contributed by atoms with Crippen LogP contribution in [0, 0.1) is 0 Å². The lowest BCUT2D eigenvalue weighted by molar-refractivity contribution is -0.274. The molecule has 0 aliphatic rings. The molecule has 2 aromatic rings. The highest BCUT2D eigenvalue weighted by Gasteiger charge is 2.41. The first kappa shape index (κ1) is 18.1. The van der Waals surface area contributed by atoms with Gasteiger partial charge in [0.05, 0.1) is 11.3 Å². The summed E-state index contributed by atoms with van der Waals surface area (Å²) in [5, 5.41) is 18.2. The zero-order chi connectivity index (χ0) is 18.1. The first-order valence-electron chi connectivity index (χ1n) is 6.28. The van der Waals surface area contributed by atoms with Crippen LogP contribution in [0.25, 0.3) is 11.3 Å². The molecule has 2 rings (SSSR count). The molecule has 0 bridgehead atoms. The van der Waals surface area contributed by atoms with Crippen molar-refractivity contribution in [3.8, 4) is 17.0 Å². The fourth-order valence-electron chi connectivity index (χ4n) is 2.07. The van der Waals surface area contributed by atoms with Gasteiger partial charge in [-0.15, -0.1) is 13.2 Å². The van der Waals surface area contributed by atoms with Gasteiger partial charge in [0, 0.05) is 11.8 Å². The van der Waals surface area contributed by atoms with Crippen molar-refractivity contribution in [3.63, 3.8) is 0 Å². The largest absolute Gasteiger partial charge is 0.573 e. The van der Waals surface area contributed by atoms with Gasteiger partial charge in [0.15, 0.2) is 0 Å². The summed E-state index contributed by atoms with van der Waals surface area (Å²) < 4.78 is 80.9. The van der Waals surface area contributed by atoms with Gasteiger partial charge >= 0.3 is 19.7 Å². The fraction of sp³-hybridized carbons (Fsp3) is 0.154. The van der Waals surface area contributed by atoms with Crippen molar-refractivity contribution in [3.05, 3.63) is 42.1 Å². The van der Waals surface area contributed by atoms with Crippen LogP contribution in [0.1, 0.15) is 5.56 Å². The number of para-hydroxylation sites is 1. The van der Waals surface area contributed by atoms with Crippen LogP contribution in [-0.2, 0) is 6.18 Å². The number of alkyl halides is 6. The number of rotatable bonds is 3. The molecule has 4 nitrogen and oxygen atoms in total. The highest BCUT2D eigenvalue weighted by molar-refractivity contribution is 6.59. The maximum Gasteiger partial charge on any atom is 0.573 e. The molecule has 0 saturated heterocycles. The molecule has 0 spiro atoms. The van der Waals surface area contributed by atoms with Gasteiger partial charge in [0.2, 0.25) is 0 Å². The van der Waals surface area contributed by atoms with Crippen molar-refractivity contribution in [1.82, 2.24) is 4.98 Å². The lowest BCUT2D eigenvalue weighted by Gasteiger charge is -2.18. The number of aromatic nitrogens is 1. The monoisotopic (exact) mass is 351 g/mol. The Bertz CT molecular complexity index is 732. The van der Waals surface area contributed by atoms with Gasteiger partial charge in [-0.1, -0.05) is 12.1 Å². The van der Waals surface area contributed by atoms with Gasteiger partial charge < -0.3 is 14.8 Å². The molecule has 0 aliphatic carbocycles. The number of hydrogen-bond acceptors (Lipinski definition) is 4. The second-order valence-corrected chi connectivity index (χ2v) is 4.54. The Kier molecular flexibility index (Phi) is 4.76. The molecule has 2 N–H and O–H groups in total. The van der Waals surface area contributed by atoms with Crippen LogP contribution in [0.3, 0.4) is 0 Å². The van der Waals surface area contributed by atoms with Crippen molar-refractivity contribution in [2.24, 2.45) is 0 Å². The predicted octanol–water partition coefficient (Wildman–Crippen LogP) is 2.35. The van der Waals surface area contributed by atoms with E-state index in [-0.39, 0.29) is 0 Å². The van der Waals surface area contributed by atoms with E-state index in [1.165, 1.54) is 6.07 Å². The zero-order valence-corrected chi connectivity index (χ0v) is 11.6. The summed E-state index contributed by atoms with van der Waals surface area (Å²) in [4.78, 5) is 3.46. The molecule has 24 heavy (non-hydrogen) atoms. The number of hydrogen-bond donors (Lipinski definition) is 2. The molecule has 11 heteroatoms. The zero-order valence-electron chi connectivity index (χ0n) is 11.6. The van der Waals surface area contributed by atoms with E-state index in [4.69, 9.17) is 10.0 Å². The van der Waals surface area contributed by atoms with E-state index in [0.29, 0.717) is 6.07 Å². The molecule has 0 saturated carbocycles. The Labute approximate surface area is 131 Å². The number of nitrogens with zero attached hydrogens (tertiary/aromatic N) is 1. The maximum atomic E-state index is 13.3. The van der Waals surface area contributed by atoms with Crippen LogP contribution in [-0.4, -0.2) is 28.5 Å². The number of pyridine rings is 1. The van der Waals surface area contributed by atoms with Gasteiger partial charge in [-0.2, -0.15) is 13.2 Å². The molecular formula is C13H8BF6NO3. The summed E-state index contributed by atoms with van der Waals surface area (Å²) in [6.07, 6.45) is -9.39. The Morgan fingerprint density at radius 3 is 2.12 bits per heavy atom. The summed E-state index contributed by atoms with van der Waals surface area (Å²) in [6, 6.07) is 4.83. The topological polar surface area (TPSA) is 62.6 Å². The molecule has 0 unspecified atom stereocenters. The van der Waals surface area contributed by atoms with Gasteiger partial charge in [0.25, 0.3) is 0 Å². The van der Waals surface area contributed by atoms with Crippen LogP contribution in [0.4, 0.5) is 26.3 Å². The van der Waals surface area contributed by atoms with Crippen LogP contribution in [0.5, 0.6) is 5.75 Å². The first-order chi connectivity index (χ1) is 11.0. The summed E-state index contributed by atoms with van der Waals surface area (Å²) in [6.45, 7) is 0. The molecule has 0 fully saturated rings. The molecule has 1 aromatic carbocycles. The van der Waals surface area contributed by atoms with E-state index >= 15 is 0 Å². The fourth-order valence-corrected chi connectivity index (χ4v) is 2.07. The minimum atomic E-state index is -5.12. The molecule has 128 valence electrons. The van der Waals surface area contributed by atoms with Crippen molar-refractivity contribution >= 4 is 12.6 Å². The minimum absolute atomic E-state index is 0.593. The van der Waals surface area contributed by atoms with Crippen LogP contribution in [0.2, 0.25) is 0 Å². The average Bonchev–Trinajstić information content (AvgIpc) is 2.44. The molecule has 0 atom stereocenters. The summed E-state index contributed by atoms with van der Waals surface area (Å²) in [7, 11) is -2.49. The van der Waals surface area contributed by atoms with E-state index in [0.717, 1.165) is 24.4 Å². The summed E-state index contributed by atoms with van der Waals surface area (Å²) >= 11 is 0. The third-order valence-electron chi connectivity index (χ3n) is 2.91. The molecule has 0 aliphatic heterocycles. The highest BCUT2D eigenvalue weighted by Crippen LogP contribution is 2.39. The highest BCUT2D eigenvalue weighted by atomic mass is 19.4. The van der Waals surface area contributed by atoms with Crippen LogP contribution >= 0.6 is 0 Å². The number of halogens is 6. The Balaban J connectivity index is 2.73. The lowest BCUT2D eigenvalue weighted by Crippen LogP contribution is -2.37. The Morgan fingerprint density at radius 2 is 1.58 bits per heavy atom. The minimum Gasteiger partial charge on any atom is -0.423 e. The van der Waals surface area contributed by atoms with Crippen LogP contribution in [0.15, 0.2) is 36.5 Å². The van der Waals surface area contributed by atoms with Gasteiger partial charge in [-0.05, 0) is 23.7 Å². The SMILES string of the molecule is OB(O)c1ccnc(-c2ccccc2OC(F)(F)F)c1C(F)(F)F. The molecular weight excluding hydrogens is 343 g/mol. The van der Waals surface area contributed by atoms with E-state index in [1.807, 2.05) is 0 Å². The molecule has 0 amide bonds.